The Morgan fingerprint density at radius 1 is 0.688 bits per heavy atom. The number of unbranched alkanes of at least 4 members (excludes halogenated alkanes) is 7. The van der Waals surface area contributed by atoms with E-state index in [9.17, 15) is 14.4 Å². The molecule has 2 aliphatic rings. The summed E-state index contributed by atoms with van der Waals surface area (Å²) in [6.45, 7) is 5.51. The molecule has 0 atom stereocenters. The van der Waals surface area contributed by atoms with Gasteiger partial charge >= 0.3 is 6.09 Å². The van der Waals surface area contributed by atoms with Crippen LogP contribution in [0, 0.1) is 0 Å². The second-order valence-corrected chi connectivity index (χ2v) is 13.3. The van der Waals surface area contributed by atoms with Gasteiger partial charge in [0.05, 0.1) is 16.8 Å². The molecular formula is C40H52N4O4. The number of imide groups is 1. The van der Waals surface area contributed by atoms with E-state index in [-0.39, 0.29) is 24.0 Å². The van der Waals surface area contributed by atoms with Gasteiger partial charge in [-0.1, -0.05) is 99.2 Å². The molecule has 0 aliphatic carbocycles. The SMILES string of the molecule is CN(CCCCCCCCCCN1CCC(OC(=O)Nc2ccccc2-c2ccccc2)CC1)CCCN1C(=O)c2ccccc2C1=O. The van der Waals surface area contributed by atoms with Crippen molar-refractivity contribution in [2.24, 2.45) is 0 Å². The van der Waals surface area contributed by atoms with Crippen molar-refractivity contribution in [2.45, 2.75) is 76.7 Å². The molecule has 1 N–H and O–H groups in total. The van der Waals surface area contributed by atoms with E-state index < -0.39 is 0 Å². The number of amides is 3. The summed E-state index contributed by atoms with van der Waals surface area (Å²) < 4.78 is 5.80. The van der Waals surface area contributed by atoms with Gasteiger partial charge in [0.1, 0.15) is 6.10 Å². The summed E-state index contributed by atoms with van der Waals surface area (Å²) in [6.07, 6.45) is 12.3. The smallest absolute Gasteiger partial charge is 0.411 e. The van der Waals surface area contributed by atoms with E-state index in [0.29, 0.717) is 17.7 Å². The van der Waals surface area contributed by atoms with Crippen molar-refractivity contribution in [1.82, 2.24) is 14.7 Å². The van der Waals surface area contributed by atoms with E-state index in [1.54, 1.807) is 12.1 Å². The molecule has 48 heavy (non-hydrogen) atoms. The second kappa shape index (κ2) is 18.5. The van der Waals surface area contributed by atoms with Crippen LogP contribution in [-0.2, 0) is 4.74 Å². The number of fused-ring (bicyclic) bond motifs is 1. The highest BCUT2D eigenvalue weighted by Gasteiger charge is 2.34. The van der Waals surface area contributed by atoms with E-state index >= 15 is 0 Å². The van der Waals surface area contributed by atoms with E-state index in [4.69, 9.17) is 4.74 Å². The number of hydrogen-bond acceptors (Lipinski definition) is 6. The van der Waals surface area contributed by atoms with Crippen molar-refractivity contribution >= 4 is 23.6 Å². The number of hydrogen-bond donors (Lipinski definition) is 1. The van der Waals surface area contributed by atoms with Gasteiger partial charge in [-0.15, -0.1) is 0 Å². The summed E-state index contributed by atoms with van der Waals surface area (Å²) in [6, 6.07) is 25.0. The van der Waals surface area contributed by atoms with Crippen molar-refractivity contribution in [3.05, 3.63) is 90.0 Å². The Kier molecular flexibility index (Phi) is 13.6. The molecule has 3 aromatic rings. The Morgan fingerprint density at radius 2 is 1.23 bits per heavy atom. The number of benzene rings is 3. The fraction of sp³-hybridized carbons (Fsp3) is 0.475. The minimum absolute atomic E-state index is 0.0327. The van der Waals surface area contributed by atoms with Gasteiger partial charge in [0.15, 0.2) is 0 Å². The Labute approximate surface area is 286 Å². The molecule has 5 rings (SSSR count). The van der Waals surface area contributed by atoms with Gasteiger partial charge in [-0.25, -0.2) is 4.79 Å². The predicted molar refractivity (Wildman–Crippen MR) is 192 cm³/mol. The zero-order valence-corrected chi connectivity index (χ0v) is 28.6. The first-order valence-electron chi connectivity index (χ1n) is 18.0. The normalized spacial score (nSPS) is 15.2. The average molecular weight is 653 g/mol. The lowest BCUT2D eigenvalue weighted by Crippen LogP contribution is -2.38. The largest absolute Gasteiger partial charge is 0.446 e. The molecule has 1 fully saturated rings. The fourth-order valence-corrected chi connectivity index (χ4v) is 6.83. The van der Waals surface area contributed by atoms with Crippen molar-refractivity contribution in [3.8, 4) is 11.1 Å². The average Bonchev–Trinajstić information content (AvgIpc) is 3.35. The summed E-state index contributed by atoms with van der Waals surface area (Å²) in [5, 5.41) is 2.97. The zero-order chi connectivity index (χ0) is 33.6. The first-order chi connectivity index (χ1) is 23.5. The van der Waals surface area contributed by atoms with Gasteiger partial charge < -0.3 is 14.5 Å². The number of anilines is 1. The van der Waals surface area contributed by atoms with Crippen molar-refractivity contribution in [1.29, 1.82) is 0 Å². The molecule has 8 nitrogen and oxygen atoms in total. The minimum atomic E-state index is -0.374. The van der Waals surface area contributed by atoms with Crippen LogP contribution < -0.4 is 5.32 Å². The summed E-state index contributed by atoms with van der Waals surface area (Å²) in [4.78, 5) is 43.9. The number of ether oxygens (including phenoxy) is 1. The van der Waals surface area contributed by atoms with Gasteiger partial charge in [0.25, 0.3) is 11.8 Å². The highest BCUT2D eigenvalue weighted by molar-refractivity contribution is 6.21. The Bertz CT molecular complexity index is 1440. The van der Waals surface area contributed by atoms with Gasteiger partial charge in [0, 0.05) is 25.2 Å². The number of carbonyl (C=O) groups is 3. The summed E-state index contributed by atoms with van der Waals surface area (Å²) in [5.74, 6) is -0.317. The minimum Gasteiger partial charge on any atom is -0.446 e. The van der Waals surface area contributed by atoms with Gasteiger partial charge in [0.2, 0.25) is 0 Å². The predicted octanol–water partition coefficient (Wildman–Crippen LogP) is 8.11. The Hall–Kier alpha value is -4.01. The van der Waals surface area contributed by atoms with Crippen LogP contribution in [0.1, 0.15) is 91.3 Å². The molecular weight excluding hydrogens is 600 g/mol. The number of likely N-dealkylation sites (tertiary alicyclic amines) is 1. The molecule has 0 bridgehead atoms. The quantitative estimate of drug-likeness (QED) is 0.110. The van der Waals surface area contributed by atoms with Crippen LogP contribution in [-0.4, -0.2) is 85.0 Å². The maximum Gasteiger partial charge on any atom is 0.411 e. The first kappa shape index (κ1) is 35.3. The lowest BCUT2D eigenvalue weighted by molar-refractivity contribution is 0.0583. The summed E-state index contributed by atoms with van der Waals surface area (Å²) in [7, 11) is 2.13. The van der Waals surface area contributed by atoms with Crippen molar-refractivity contribution in [2.75, 3.05) is 51.6 Å². The van der Waals surface area contributed by atoms with Gasteiger partial charge in [-0.3, -0.25) is 19.8 Å². The van der Waals surface area contributed by atoms with Crippen LogP contribution in [0.3, 0.4) is 0 Å². The molecule has 3 aromatic carbocycles. The molecule has 8 heteroatoms. The van der Waals surface area contributed by atoms with Crippen LogP contribution in [0.4, 0.5) is 10.5 Å². The molecule has 0 aromatic heterocycles. The number of nitrogens with one attached hydrogen (secondary N) is 1. The molecule has 2 aliphatic heterocycles. The first-order valence-corrected chi connectivity index (χ1v) is 18.0. The maximum absolute atomic E-state index is 12.7. The highest BCUT2D eigenvalue weighted by atomic mass is 16.6. The van der Waals surface area contributed by atoms with Crippen molar-refractivity contribution < 1.29 is 19.1 Å². The van der Waals surface area contributed by atoms with E-state index in [2.05, 4.69) is 22.2 Å². The number of para-hydroxylation sites is 1. The number of nitrogens with zero attached hydrogens (tertiary/aromatic N) is 3. The van der Waals surface area contributed by atoms with Crippen LogP contribution in [0.2, 0.25) is 0 Å². The van der Waals surface area contributed by atoms with E-state index in [1.807, 2.05) is 66.7 Å². The van der Waals surface area contributed by atoms with Crippen LogP contribution in [0.25, 0.3) is 11.1 Å². The number of rotatable bonds is 18. The third-order valence-electron chi connectivity index (χ3n) is 9.62. The van der Waals surface area contributed by atoms with Crippen LogP contribution in [0.5, 0.6) is 0 Å². The topological polar surface area (TPSA) is 82.2 Å². The second-order valence-electron chi connectivity index (χ2n) is 13.3. The molecule has 0 saturated carbocycles. The zero-order valence-electron chi connectivity index (χ0n) is 28.6. The lowest BCUT2D eigenvalue weighted by Gasteiger charge is -2.31. The van der Waals surface area contributed by atoms with E-state index in [1.165, 1.54) is 56.3 Å². The third-order valence-corrected chi connectivity index (χ3v) is 9.62. The number of piperidine rings is 1. The molecule has 0 unspecified atom stereocenters. The summed E-state index contributed by atoms with van der Waals surface area (Å²) in [5.41, 5.74) is 3.88. The Morgan fingerprint density at radius 3 is 1.90 bits per heavy atom. The van der Waals surface area contributed by atoms with Gasteiger partial charge in [-0.05, 0) is 82.5 Å². The lowest BCUT2D eigenvalue weighted by atomic mass is 10.0. The monoisotopic (exact) mass is 652 g/mol. The van der Waals surface area contributed by atoms with Crippen LogP contribution >= 0.6 is 0 Å². The molecule has 1 saturated heterocycles. The Balaban J connectivity index is 0.833. The van der Waals surface area contributed by atoms with Crippen molar-refractivity contribution in [3.63, 3.8) is 0 Å². The van der Waals surface area contributed by atoms with E-state index in [0.717, 1.165) is 68.8 Å². The standard InChI is InChI=1S/C40H52N4O4/c1-42(27-17-29-44-38(45)35-21-11-12-22-36(35)39(44)46)26-15-6-4-2-3-5-7-16-28-43-30-24-33(25-31-43)48-40(47)41-37-23-14-13-20-34(37)32-18-9-8-10-19-32/h8-14,18-23,33H,2-7,15-17,24-31H2,1H3,(H,41,47). The molecule has 3 amide bonds. The summed E-state index contributed by atoms with van der Waals surface area (Å²) >= 11 is 0. The molecule has 256 valence electrons. The third kappa shape index (κ3) is 10.2. The number of carbonyl (C=O) groups excluding carboxylic acids is 3. The fourth-order valence-electron chi connectivity index (χ4n) is 6.83. The maximum atomic E-state index is 12.7. The highest BCUT2D eigenvalue weighted by Crippen LogP contribution is 2.28. The molecule has 0 radical (unpaired) electrons. The molecule has 2 heterocycles. The van der Waals surface area contributed by atoms with Crippen LogP contribution in [0.15, 0.2) is 78.9 Å². The van der Waals surface area contributed by atoms with Gasteiger partial charge in [-0.2, -0.15) is 0 Å². The molecule has 0 spiro atoms.